The molecule has 4 rings (SSSR count). The topological polar surface area (TPSA) is 60.4 Å². The van der Waals surface area contributed by atoms with Gasteiger partial charge in [0.1, 0.15) is 11.2 Å². The molecule has 0 saturated carbocycles. The smallest absolute Gasteiger partial charge is 0.345 e. The molecule has 152 valence electrons. The van der Waals surface area contributed by atoms with Crippen LogP contribution in [0.3, 0.4) is 0 Å². The molecule has 0 atom stereocenters. The van der Waals surface area contributed by atoms with Gasteiger partial charge in [-0.2, -0.15) is 0 Å². The molecule has 0 amide bonds. The average Bonchev–Trinajstić information content (AvgIpc) is 2.67. The quantitative estimate of drug-likeness (QED) is 0.266. The number of aryl methyl sites for hydroxylation is 4. The van der Waals surface area contributed by atoms with Crippen molar-refractivity contribution >= 4 is 32.7 Å². The summed E-state index contributed by atoms with van der Waals surface area (Å²) in [6.45, 7) is 15.8. The van der Waals surface area contributed by atoms with Gasteiger partial charge in [-0.25, -0.2) is 9.59 Å². The van der Waals surface area contributed by atoms with Gasteiger partial charge in [-0.3, -0.25) is 0 Å². The molecule has 0 aliphatic carbocycles. The minimum absolute atomic E-state index is 0. The van der Waals surface area contributed by atoms with Crippen molar-refractivity contribution in [3.8, 4) is 0 Å². The van der Waals surface area contributed by atoms with Gasteiger partial charge < -0.3 is 8.83 Å². The van der Waals surface area contributed by atoms with E-state index in [1.54, 1.807) is 0 Å². The predicted octanol–water partition coefficient (Wildman–Crippen LogP) is 6.16. The van der Waals surface area contributed by atoms with Crippen molar-refractivity contribution in [2.24, 2.45) is 0 Å². The van der Waals surface area contributed by atoms with Gasteiger partial charge >= 0.3 is 11.3 Å². The van der Waals surface area contributed by atoms with Crippen molar-refractivity contribution < 1.29 is 8.83 Å². The highest BCUT2D eigenvalue weighted by atomic mass is 16.4. The summed E-state index contributed by atoms with van der Waals surface area (Å²) in [7, 11) is 0. The lowest BCUT2D eigenvalue weighted by molar-refractivity contribution is 0.554. The van der Waals surface area contributed by atoms with Crippen molar-refractivity contribution in [3.05, 3.63) is 65.3 Å². The lowest BCUT2D eigenvalue weighted by Crippen LogP contribution is -2.12. The first-order chi connectivity index (χ1) is 13.1. The maximum atomic E-state index is 13.1. The summed E-state index contributed by atoms with van der Waals surface area (Å²) in [5.41, 5.74) is 7.93. The monoisotopic (exact) mass is 392 g/mol. The van der Waals surface area contributed by atoms with Crippen molar-refractivity contribution in [1.82, 2.24) is 0 Å². The molecule has 0 aliphatic heterocycles. The number of fused-ring (bicyclic) bond motifs is 5. The summed E-state index contributed by atoms with van der Waals surface area (Å²) in [4.78, 5) is 26.3. The molecule has 2 aromatic carbocycles. The van der Waals surface area contributed by atoms with E-state index in [9.17, 15) is 9.59 Å². The molecular weight excluding hydrogens is 364 g/mol. The van der Waals surface area contributed by atoms with Gasteiger partial charge in [0, 0.05) is 10.8 Å². The summed E-state index contributed by atoms with van der Waals surface area (Å²) in [6, 6.07) is 0. The van der Waals surface area contributed by atoms with Crippen LogP contribution in [0.2, 0.25) is 0 Å². The van der Waals surface area contributed by atoms with Gasteiger partial charge in [0.25, 0.3) is 0 Å². The molecule has 2 heterocycles. The summed E-state index contributed by atoms with van der Waals surface area (Å²) < 4.78 is 11.6. The van der Waals surface area contributed by atoms with Crippen molar-refractivity contribution in [2.45, 2.75) is 62.8 Å². The van der Waals surface area contributed by atoms with Crippen LogP contribution in [0, 0.1) is 55.4 Å². The lowest BCUT2D eigenvalue weighted by atomic mass is 9.90. The zero-order valence-corrected chi connectivity index (χ0v) is 17.6. The summed E-state index contributed by atoms with van der Waals surface area (Å²) >= 11 is 0. The standard InChI is InChI=1S/C24H24O4.CH4/c1-9-11(3)15(7)21-17(13(9)5)19-20(24(26)27-21)18-14(6)10(2)12(4)16(8)22(18)28-23(19)25;/h1-8H3;1H4. The fraction of sp³-hybridized carbons (Fsp3) is 0.360. The maximum absolute atomic E-state index is 13.1. The van der Waals surface area contributed by atoms with E-state index in [0.29, 0.717) is 32.7 Å². The van der Waals surface area contributed by atoms with E-state index in [4.69, 9.17) is 8.83 Å². The zero-order valence-electron chi connectivity index (χ0n) is 17.6. The second kappa shape index (κ2) is 6.58. The van der Waals surface area contributed by atoms with E-state index in [0.717, 1.165) is 44.5 Å². The molecular formula is C25H28O4. The van der Waals surface area contributed by atoms with E-state index in [1.165, 1.54) is 0 Å². The molecule has 0 saturated heterocycles. The van der Waals surface area contributed by atoms with Crippen LogP contribution in [-0.4, -0.2) is 0 Å². The molecule has 0 radical (unpaired) electrons. The molecule has 0 aliphatic rings. The van der Waals surface area contributed by atoms with Crippen molar-refractivity contribution in [3.63, 3.8) is 0 Å². The molecule has 29 heavy (non-hydrogen) atoms. The Morgan fingerprint density at radius 1 is 0.414 bits per heavy atom. The molecule has 4 nitrogen and oxygen atoms in total. The Labute approximate surface area is 170 Å². The number of rotatable bonds is 0. The van der Waals surface area contributed by atoms with Crippen LogP contribution in [0.15, 0.2) is 18.4 Å². The number of benzene rings is 2. The molecule has 0 bridgehead atoms. The van der Waals surface area contributed by atoms with E-state index in [1.807, 2.05) is 55.4 Å². The second-order valence-electron chi connectivity index (χ2n) is 7.94. The third-order valence-corrected chi connectivity index (χ3v) is 6.81. The molecule has 0 spiro atoms. The Bertz CT molecular complexity index is 1350. The fourth-order valence-electron chi connectivity index (χ4n) is 4.36. The first-order valence-corrected chi connectivity index (χ1v) is 9.47. The highest BCUT2D eigenvalue weighted by Gasteiger charge is 2.23. The van der Waals surface area contributed by atoms with E-state index < -0.39 is 11.3 Å². The van der Waals surface area contributed by atoms with E-state index >= 15 is 0 Å². The average molecular weight is 392 g/mol. The number of hydrogen-bond donors (Lipinski definition) is 0. The predicted molar refractivity (Wildman–Crippen MR) is 121 cm³/mol. The fourth-order valence-corrected chi connectivity index (χ4v) is 4.36. The van der Waals surface area contributed by atoms with E-state index in [2.05, 4.69) is 0 Å². The van der Waals surface area contributed by atoms with Gasteiger partial charge in [-0.05, 0) is 99.9 Å². The van der Waals surface area contributed by atoms with Crippen LogP contribution in [0.1, 0.15) is 51.9 Å². The number of hydrogen-bond acceptors (Lipinski definition) is 4. The third kappa shape index (κ3) is 2.51. The second-order valence-corrected chi connectivity index (χ2v) is 7.94. The van der Waals surface area contributed by atoms with Gasteiger partial charge in [-0.15, -0.1) is 0 Å². The first kappa shape index (κ1) is 20.8. The molecule has 0 unspecified atom stereocenters. The maximum Gasteiger partial charge on any atom is 0.345 e. The Morgan fingerprint density at radius 3 is 1.00 bits per heavy atom. The van der Waals surface area contributed by atoms with Gasteiger partial charge in [0.15, 0.2) is 0 Å². The summed E-state index contributed by atoms with van der Waals surface area (Å²) in [5.74, 6) is 0. The SMILES string of the molecule is C.Cc1c(C)c(C)c2c(oc(=O)c3c4c(C)c(C)c(C)c(C)c4oc(=O)c23)c1C. The molecule has 2 aromatic heterocycles. The van der Waals surface area contributed by atoms with Crippen LogP contribution in [0.25, 0.3) is 32.7 Å². The lowest BCUT2D eigenvalue weighted by Gasteiger charge is -2.17. The van der Waals surface area contributed by atoms with Crippen LogP contribution in [0.4, 0.5) is 0 Å². The first-order valence-electron chi connectivity index (χ1n) is 9.47. The van der Waals surface area contributed by atoms with Gasteiger partial charge in [0.05, 0.1) is 10.8 Å². The largest absolute Gasteiger partial charge is 0.422 e. The zero-order chi connectivity index (χ0) is 20.7. The van der Waals surface area contributed by atoms with Crippen LogP contribution in [0.5, 0.6) is 0 Å². The minimum Gasteiger partial charge on any atom is -0.422 e. The normalized spacial score (nSPS) is 11.4. The minimum atomic E-state index is -0.489. The molecule has 4 heteroatoms. The molecule has 4 aromatic rings. The molecule has 0 N–H and O–H groups in total. The van der Waals surface area contributed by atoms with Crippen LogP contribution < -0.4 is 11.3 Å². The Kier molecular flexibility index (Phi) is 4.73. The summed E-state index contributed by atoms with van der Waals surface area (Å²) in [6.07, 6.45) is 0. The Hall–Kier alpha value is -2.88. The Balaban J connectivity index is 0.00000240. The van der Waals surface area contributed by atoms with Crippen molar-refractivity contribution in [2.75, 3.05) is 0 Å². The molecule has 0 fully saturated rings. The highest BCUT2D eigenvalue weighted by Crippen LogP contribution is 2.36. The van der Waals surface area contributed by atoms with E-state index in [-0.39, 0.29) is 7.43 Å². The van der Waals surface area contributed by atoms with Crippen molar-refractivity contribution in [1.29, 1.82) is 0 Å². The van der Waals surface area contributed by atoms with Crippen LogP contribution >= 0.6 is 0 Å². The Morgan fingerprint density at radius 2 is 0.690 bits per heavy atom. The van der Waals surface area contributed by atoms with Crippen LogP contribution in [-0.2, 0) is 0 Å². The van der Waals surface area contributed by atoms with Gasteiger partial charge in [0.2, 0.25) is 0 Å². The third-order valence-electron chi connectivity index (χ3n) is 6.81. The summed E-state index contributed by atoms with van der Waals surface area (Å²) in [5, 5.41) is 2.02. The highest BCUT2D eigenvalue weighted by molar-refractivity contribution is 6.16. The van der Waals surface area contributed by atoms with Gasteiger partial charge in [-0.1, -0.05) is 7.43 Å².